The monoisotopic (exact) mass is 362 g/mol. The molecule has 1 aromatic heterocycles. The molecule has 0 aliphatic heterocycles. The van der Waals surface area contributed by atoms with Crippen LogP contribution in [-0.2, 0) is 6.54 Å². The van der Waals surface area contributed by atoms with Gasteiger partial charge in [-0.2, -0.15) is 0 Å². The minimum atomic E-state index is -0.283. The lowest BCUT2D eigenvalue weighted by Crippen LogP contribution is -2.26. The molecule has 6 heteroatoms. The summed E-state index contributed by atoms with van der Waals surface area (Å²) in [7, 11) is 0. The highest BCUT2D eigenvalue weighted by Gasteiger charge is 2.25. The molecule has 0 bridgehead atoms. The Morgan fingerprint density at radius 1 is 1.04 bits per heavy atom. The van der Waals surface area contributed by atoms with Gasteiger partial charge < -0.3 is 10.6 Å². The average Bonchev–Trinajstić information content (AvgIpc) is 3.52. The lowest BCUT2D eigenvalue weighted by Gasteiger charge is -2.11. The van der Waals surface area contributed by atoms with Crippen molar-refractivity contribution in [3.63, 3.8) is 0 Å². The Labute approximate surface area is 156 Å². The van der Waals surface area contributed by atoms with Crippen LogP contribution in [0.25, 0.3) is 11.4 Å². The average molecular weight is 362 g/mol. The quantitative estimate of drug-likeness (QED) is 0.700. The van der Waals surface area contributed by atoms with Crippen molar-refractivity contribution in [3.05, 3.63) is 77.7 Å². The molecule has 0 atom stereocenters. The summed E-state index contributed by atoms with van der Waals surface area (Å²) in [6, 6.07) is 17.9. The van der Waals surface area contributed by atoms with Crippen molar-refractivity contribution in [2.75, 3.05) is 5.32 Å². The molecule has 136 valence electrons. The number of nitrogens with one attached hydrogen (secondary N) is 2. The van der Waals surface area contributed by atoms with E-state index in [0.29, 0.717) is 22.9 Å². The number of anilines is 1. The Balaban J connectivity index is 1.62. The van der Waals surface area contributed by atoms with Crippen LogP contribution in [0.4, 0.5) is 10.2 Å². The number of halogens is 1. The summed E-state index contributed by atoms with van der Waals surface area (Å²) >= 11 is 0. The van der Waals surface area contributed by atoms with Gasteiger partial charge >= 0.3 is 0 Å². The minimum absolute atomic E-state index is 0.217. The van der Waals surface area contributed by atoms with Crippen molar-refractivity contribution >= 4 is 11.7 Å². The zero-order valence-corrected chi connectivity index (χ0v) is 14.7. The molecule has 1 amide bonds. The fourth-order valence-corrected chi connectivity index (χ4v) is 2.68. The summed E-state index contributed by atoms with van der Waals surface area (Å²) < 4.78 is 13.9. The Bertz CT molecular complexity index is 957. The number of rotatable bonds is 6. The highest BCUT2D eigenvalue weighted by Crippen LogP contribution is 2.21. The van der Waals surface area contributed by atoms with Crippen LogP contribution in [-0.4, -0.2) is 21.9 Å². The first-order valence-electron chi connectivity index (χ1n) is 8.92. The van der Waals surface area contributed by atoms with Crippen LogP contribution in [0, 0.1) is 5.82 Å². The van der Waals surface area contributed by atoms with Gasteiger partial charge in [0.05, 0.1) is 0 Å². The van der Waals surface area contributed by atoms with Gasteiger partial charge in [-0.3, -0.25) is 4.79 Å². The Morgan fingerprint density at radius 3 is 2.52 bits per heavy atom. The van der Waals surface area contributed by atoms with Crippen LogP contribution in [0.3, 0.4) is 0 Å². The summed E-state index contributed by atoms with van der Waals surface area (Å²) in [5.41, 5.74) is 1.64. The molecular weight excluding hydrogens is 343 g/mol. The second kappa shape index (κ2) is 7.53. The molecule has 0 unspecified atom stereocenters. The normalized spacial score (nSPS) is 13.2. The maximum absolute atomic E-state index is 13.9. The smallest absolute Gasteiger partial charge is 0.270 e. The van der Waals surface area contributed by atoms with Crippen molar-refractivity contribution in [3.8, 4) is 11.4 Å². The second-order valence-corrected chi connectivity index (χ2v) is 6.52. The van der Waals surface area contributed by atoms with Gasteiger partial charge in [0.2, 0.25) is 0 Å². The largest absolute Gasteiger partial charge is 0.366 e. The zero-order valence-electron chi connectivity index (χ0n) is 14.7. The summed E-state index contributed by atoms with van der Waals surface area (Å²) in [6.07, 6.45) is 2.00. The van der Waals surface area contributed by atoms with Crippen LogP contribution in [0.5, 0.6) is 0 Å². The number of carbonyl (C=O) groups excluding carboxylic acids is 1. The van der Waals surface area contributed by atoms with Gasteiger partial charge in [-0.1, -0.05) is 48.5 Å². The lowest BCUT2D eigenvalue weighted by atomic mass is 10.2. The van der Waals surface area contributed by atoms with Gasteiger partial charge in [-0.25, -0.2) is 14.4 Å². The van der Waals surface area contributed by atoms with Crippen molar-refractivity contribution in [2.24, 2.45) is 0 Å². The van der Waals surface area contributed by atoms with Crippen LogP contribution in [0.1, 0.15) is 28.9 Å². The number of hydrogen-bond donors (Lipinski definition) is 2. The molecule has 4 rings (SSSR count). The standard InChI is InChI=1S/C21H19FN4O/c22-17-9-5-4-8-15(17)13-23-19-12-18(21(27)24-16-10-11-16)25-20(26-19)14-6-2-1-3-7-14/h1-9,12,16H,10-11,13H2,(H,24,27)(H,23,25,26). The van der Waals surface area contributed by atoms with Crippen molar-refractivity contribution in [2.45, 2.75) is 25.4 Å². The fraction of sp³-hybridized carbons (Fsp3) is 0.190. The predicted molar refractivity (Wildman–Crippen MR) is 102 cm³/mol. The molecule has 1 saturated carbocycles. The molecule has 2 aromatic carbocycles. The number of carbonyl (C=O) groups is 1. The fourth-order valence-electron chi connectivity index (χ4n) is 2.68. The number of aromatic nitrogens is 2. The van der Waals surface area contributed by atoms with Crippen molar-refractivity contribution in [1.29, 1.82) is 0 Å². The summed E-state index contributed by atoms with van der Waals surface area (Å²) in [4.78, 5) is 21.4. The van der Waals surface area contributed by atoms with E-state index in [0.717, 1.165) is 18.4 Å². The first-order valence-corrected chi connectivity index (χ1v) is 8.92. The maximum Gasteiger partial charge on any atom is 0.270 e. The van der Waals surface area contributed by atoms with E-state index in [-0.39, 0.29) is 24.3 Å². The van der Waals surface area contributed by atoms with E-state index < -0.39 is 0 Å². The van der Waals surface area contributed by atoms with Crippen LogP contribution < -0.4 is 10.6 Å². The third-order valence-electron chi connectivity index (χ3n) is 4.32. The summed E-state index contributed by atoms with van der Waals surface area (Å²) in [5, 5.41) is 6.05. The Kier molecular flexibility index (Phi) is 4.78. The molecular formula is C21H19FN4O. The van der Waals surface area contributed by atoms with E-state index in [1.807, 2.05) is 30.3 Å². The van der Waals surface area contributed by atoms with Crippen LogP contribution in [0.2, 0.25) is 0 Å². The maximum atomic E-state index is 13.9. The van der Waals surface area contributed by atoms with E-state index in [9.17, 15) is 9.18 Å². The summed E-state index contributed by atoms with van der Waals surface area (Å²) in [5.74, 6) is 0.434. The topological polar surface area (TPSA) is 66.9 Å². The molecule has 1 heterocycles. The van der Waals surface area contributed by atoms with Gasteiger partial charge in [-0.15, -0.1) is 0 Å². The zero-order chi connectivity index (χ0) is 18.6. The van der Waals surface area contributed by atoms with Crippen LogP contribution >= 0.6 is 0 Å². The number of hydrogen-bond acceptors (Lipinski definition) is 4. The molecule has 0 spiro atoms. The number of nitrogens with zero attached hydrogens (tertiary/aromatic N) is 2. The van der Waals surface area contributed by atoms with E-state index >= 15 is 0 Å². The third kappa shape index (κ3) is 4.28. The highest BCUT2D eigenvalue weighted by molar-refractivity contribution is 5.93. The van der Waals surface area contributed by atoms with Gasteiger partial charge in [0, 0.05) is 29.8 Å². The SMILES string of the molecule is O=C(NC1CC1)c1cc(NCc2ccccc2F)nc(-c2ccccc2)n1. The second-order valence-electron chi connectivity index (χ2n) is 6.52. The molecule has 1 aliphatic rings. The molecule has 1 aliphatic carbocycles. The number of amides is 1. The van der Waals surface area contributed by atoms with Crippen LogP contribution in [0.15, 0.2) is 60.7 Å². The Hall–Kier alpha value is -3.28. The number of benzene rings is 2. The first-order chi connectivity index (χ1) is 13.2. The first kappa shape index (κ1) is 17.1. The Morgan fingerprint density at radius 2 is 1.78 bits per heavy atom. The van der Waals surface area contributed by atoms with Gasteiger partial charge in [0.25, 0.3) is 5.91 Å². The van der Waals surface area contributed by atoms with Gasteiger partial charge in [0.15, 0.2) is 5.82 Å². The molecule has 5 nitrogen and oxygen atoms in total. The highest BCUT2D eigenvalue weighted by atomic mass is 19.1. The van der Waals surface area contributed by atoms with E-state index in [4.69, 9.17) is 0 Å². The molecule has 0 saturated heterocycles. The van der Waals surface area contributed by atoms with Gasteiger partial charge in [-0.05, 0) is 18.9 Å². The molecule has 27 heavy (non-hydrogen) atoms. The summed E-state index contributed by atoms with van der Waals surface area (Å²) in [6.45, 7) is 0.265. The molecule has 2 N–H and O–H groups in total. The van der Waals surface area contributed by atoms with E-state index in [1.165, 1.54) is 6.07 Å². The molecule has 0 radical (unpaired) electrons. The minimum Gasteiger partial charge on any atom is -0.366 e. The molecule has 3 aromatic rings. The van der Waals surface area contributed by atoms with Gasteiger partial charge in [0.1, 0.15) is 17.3 Å². The van der Waals surface area contributed by atoms with E-state index in [2.05, 4.69) is 20.6 Å². The van der Waals surface area contributed by atoms with Crippen molar-refractivity contribution in [1.82, 2.24) is 15.3 Å². The molecule has 1 fully saturated rings. The predicted octanol–water partition coefficient (Wildman–Crippen LogP) is 3.79. The third-order valence-corrected chi connectivity index (χ3v) is 4.32. The van der Waals surface area contributed by atoms with E-state index in [1.54, 1.807) is 24.3 Å². The van der Waals surface area contributed by atoms with Crippen molar-refractivity contribution < 1.29 is 9.18 Å². The lowest BCUT2D eigenvalue weighted by molar-refractivity contribution is 0.0946.